The lowest BCUT2D eigenvalue weighted by atomic mass is 10.0. The van der Waals surface area contributed by atoms with Gasteiger partial charge in [-0.25, -0.2) is 8.42 Å². The summed E-state index contributed by atoms with van der Waals surface area (Å²) in [4.78, 5) is 11.7. The minimum atomic E-state index is -3.56. The summed E-state index contributed by atoms with van der Waals surface area (Å²) in [6.07, 6.45) is 3.41. The molecule has 0 spiro atoms. The zero-order valence-corrected chi connectivity index (χ0v) is 13.7. The van der Waals surface area contributed by atoms with Gasteiger partial charge in [0, 0.05) is 24.8 Å². The number of rotatable bonds is 4. The minimum absolute atomic E-state index is 0.00897. The molecule has 6 heteroatoms. The number of carbonyl (C=O) groups excluding carboxylic acids is 1. The molecule has 0 aliphatic carbocycles. The Morgan fingerprint density at radius 3 is 2.41 bits per heavy atom. The molecule has 0 amide bonds. The van der Waals surface area contributed by atoms with Crippen molar-refractivity contribution in [1.29, 1.82) is 0 Å². The van der Waals surface area contributed by atoms with Gasteiger partial charge in [-0.2, -0.15) is 4.31 Å². The Bertz CT molecular complexity index is 671. The van der Waals surface area contributed by atoms with E-state index < -0.39 is 10.0 Å². The van der Waals surface area contributed by atoms with E-state index in [0.717, 1.165) is 25.7 Å². The van der Waals surface area contributed by atoms with E-state index in [0.29, 0.717) is 5.56 Å². The third-order valence-corrected chi connectivity index (χ3v) is 6.77. The predicted octanol–water partition coefficient (Wildman–Crippen LogP) is 2.22. The van der Waals surface area contributed by atoms with Crippen LogP contribution in [0.3, 0.4) is 0 Å². The van der Waals surface area contributed by atoms with Crippen LogP contribution in [0.4, 0.5) is 0 Å². The highest BCUT2D eigenvalue weighted by atomic mass is 32.2. The van der Waals surface area contributed by atoms with Gasteiger partial charge >= 0.3 is 0 Å². The van der Waals surface area contributed by atoms with Gasteiger partial charge in [0.2, 0.25) is 10.0 Å². The number of hydrogen-bond donors (Lipinski definition) is 0. The maximum atomic E-state index is 13.0. The Morgan fingerprint density at radius 2 is 1.86 bits per heavy atom. The van der Waals surface area contributed by atoms with Gasteiger partial charge < -0.3 is 4.74 Å². The molecule has 2 aliphatic rings. The van der Waals surface area contributed by atoms with Crippen molar-refractivity contribution >= 4 is 15.8 Å². The fraction of sp³-hybridized carbons (Fsp3) is 0.562. The topological polar surface area (TPSA) is 63.7 Å². The molecule has 1 aromatic carbocycles. The van der Waals surface area contributed by atoms with Gasteiger partial charge in [0.1, 0.15) is 0 Å². The minimum Gasteiger partial charge on any atom is -0.381 e. The summed E-state index contributed by atoms with van der Waals surface area (Å²) in [5.41, 5.74) is 0.431. The molecule has 22 heavy (non-hydrogen) atoms. The van der Waals surface area contributed by atoms with E-state index in [1.165, 1.54) is 13.0 Å². The lowest BCUT2D eigenvalue weighted by Gasteiger charge is -2.37. The average molecular weight is 323 g/mol. The number of piperidine rings is 1. The maximum Gasteiger partial charge on any atom is 0.243 e. The summed E-state index contributed by atoms with van der Waals surface area (Å²) >= 11 is 0. The van der Waals surface area contributed by atoms with Crippen LogP contribution in [-0.4, -0.2) is 43.8 Å². The van der Waals surface area contributed by atoms with Crippen LogP contribution >= 0.6 is 0 Å². The van der Waals surface area contributed by atoms with Crippen molar-refractivity contribution in [3.63, 3.8) is 0 Å². The highest BCUT2D eigenvalue weighted by Crippen LogP contribution is 2.40. The number of ketones is 1. The van der Waals surface area contributed by atoms with Crippen molar-refractivity contribution in [3.8, 4) is 0 Å². The van der Waals surface area contributed by atoms with E-state index in [9.17, 15) is 13.2 Å². The zero-order valence-electron chi connectivity index (χ0n) is 12.9. The first-order chi connectivity index (χ1) is 10.4. The molecule has 120 valence electrons. The highest BCUT2D eigenvalue weighted by molar-refractivity contribution is 7.89. The molecule has 0 aromatic heterocycles. The predicted molar refractivity (Wildman–Crippen MR) is 82.3 cm³/mol. The van der Waals surface area contributed by atoms with Crippen LogP contribution in [0.15, 0.2) is 29.2 Å². The first kappa shape index (κ1) is 15.6. The molecule has 2 saturated heterocycles. The standard InChI is InChI=1S/C16H21NO4S/c1-11(18)12-4-3-5-16(8-12)22(19,20)17-13-6-7-14(17)10-15(9-13)21-2/h3-5,8,13-15H,6-7,9-10H2,1-2H3. The summed E-state index contributed by atoms with van der Waals surface area (Å²) < 4.78 is 33.1. The third-order valence-electron chi connectivity index (χ3n) is 4.77. The fourth-order valence-corrected chi connectivity index (χ4v) is 5.60. The van der Waals surface area contributed by atoms with Gasteiger partial charge in [0.15, 0.2) is 5.78 Å². The van der Waals surface area contributed by atoms with Gasteiger partial charge in [-0.3, -0.25) is 4.79 Å². The van der Waals surface area contributed by atoms with Crippen molar-refractivity contribution in [2.75, 3.05) is 7.11 Å². The molecule has 1 aromatic rings. The molecule has 5 nitrogen and oxygen atoms in total. The summed E-state index contributed by atoms with van der Waals surface area (Å²) in [5.74, 6) is -0.127. The highest BCUT2D eigenvalue weighted by Gasteiger charge is 2.47. The number of Topliss-reactive ketones (excluding diaryl/α,β-unsaturated/α-hetero) is 1. The van der Waals surface area contributed by atoms with E-state index in [2.05, 4.69) is 0 Å². The molecule has 2 heterocycles. The second-order valence-corrected chi connectivity index (χ2v) is 7.98. The third kappa shape index (κ3) is 2.59. The smallest absolute Gasteiger partial charge is 0.243 e. The van der Waals surface area contributed by atoms with E-state index >= 15 is 0 Å². The van der Waals surface area contributed by atoms with Gasteiger partial charge in [-0.15, -0.1) is 0 Å². The largest absolute Gasteiger partial charge is 0.381 e. The maximum absolute atomic E-state index is 13.0. The molecule has 2 fully saturated rings. The number of benzene rings is 1. The van der Waals surface area contributed by atoms with Crippen molar-refractivity contribution < 1.29 is 17.9 Å². The second kappa shape index (κ2) is 5.76. The summed E-state index contributed by atoms with van der Waals surface area (Å²) in [5, 5.41) is 0. The summed E-state index contributed by atoms with van der Waals surface area (Å²) in [6, 6.07) is 6.35. The normalized spacial score (nSPS) is 28.7. The zero-order chi connectivity index (χ0) is 15.9. The number of carbonyl (C=O) groups is 1. The Kier molecular flexibility index (Phi) is 4.09. The van der Waals surface area contributed by atoms with E-state index in [1.54, 1.807) is 29.6 Å². The van der Waals surface area contributed by atoms with Crippen LogP contribution in [0.2, 0.25) is 0 Å². The van der Waals surface area contributed by atoms with E-state index in [1.807, 2.05) is 0 Å². The molecular weight excluding hydrogens is 302 g/mol. The Balaban J connectivity index is 1.94. The van der Waals surface area contributed by atoms with Crippen molar-refractivity contribution in [2.24, 2.45) is 0 Å². The van der Waals surface area contributed by atoms with Crippen LogP contribution < -0.4 is 0 Å². The van der Waals surface area contributed by atoms with Crippen LogP contribution in [0, 0.1) is 0 Å². The Labute approximate surface area is 131 Å². The number of sulfonamides is 1. The number of hydrogen-bond acceptors (Lipinski definition) is 4. The molecule has 0 radical (unpaired) electrons. The number of ether oxygens (including phenoxy) is 1. The monoisotopic (exact) mass is 323 g/mol. The molecule has 2 unspecified atom stereocenters. The van der Waals surface area contributed by atoms with Crippen molar-refractivity contribution in [1.82, 2.24) is 4.31 Å². The lowest BCUT2D eigenvalue weighted by molar-refractivity contribution is 0.0349. The number of nitrogens with zero attached hydrogens (tertiary/aromatic N) is 1. The van der Waals surface area contributed by atoms with Crippen LogP contribution in [0.1, 0.15) is 43.0 Å². The van der Waals surface area contributed by atoms with Gasteiger partial charge in [-0.1, -0.05) is 12.1 Å². The molecule has 2 bridgehead atoms. The fourth-order valence-electron chi connectivity index (χ4n) is 3.67. The van der Waals surface area contributed by atoms with E-state index in [-0.39, 0.29) is 28.9 Å². The van der Waals surface area contributed by atoms with Crippen LogP contribution in [-0.2, 0) is 14.8 Å². The summed E-state index contributed by atoms with van der Waals surface area (Å²) in [6.45, 7) is 1.44. The first-order valence-electron chi connectivity index (χ1n) is 7.61. The summed E-state index contributed by atoms with van der Waals surface area (Å²) in [7, 11) is -1.87. The van der Waals surface area contributed by atoms with Crippen molar-refractivity contribution in [2.45, 2.75) is 55.7 Å². The van der Waals surface area contributed by atoms with Crippen LogP contribution in [0.25, 0.3) is 0 Å². The first-order valence-corrected chi connectivity index (χ1v) is 9.05. The van der Waals surface area contributed by atoms with Gasteiger partial charge in [0.05, 0.1) is 11.0 Å². The molecule has 2 atom stereocenters. The van der Waals surface area contributed by atoms with Gasteiger partial charge in [-0.05, 0) is 44.7 Å². The molecule has 3 rings (SSSR count). The SMILES string of the molecule is COC1CC2CCC(C1)N2S(=O)(=O)c1cccc(C(C)=O)c1. The molecule has 0 N–H and O–H groups in total. The number of methoxy groups -OCH3 is 1. The Hall–Kier alpha value is -1.24. The number of fused-ring (bicyclic) bond motifs is 2. The quantitative estimate of drug-likeness (QED) is 0.797. The van der Waals surface area contributed by atoms with Gasteiger partial charge in [0.25, 0.3) is 0 Å². The Morgan fingerprint density at radius 1 is 1.23 bits per heavy atom. The average Bonchev–Trinajstić information content (AvgIpc) is 2.79. The molecule has 2 aliphatic heterocycles. The molecular formula is C16H21NO4S. The molecule has 0 saturated carbocycles. The lowest BCUT2D eigenvalue weighted by Crippen LogP contribution is -2.48. The second-order valence-electron chi connectivity index (χ2n) is 6.13. The van der Waals surface area contributed by atoms with E-state index in [4.69, 9.17) is 4.74 Å². The van der Waals surface area contributed by atoms with Crippen LogP contribution in [0.5, 0.6) is 0 Å². The van der Waals surface area contributed by atoms with Crippen molar-refractivity contribution in [3.05, 3.63) is 29.8 Å².